The Kier molecular flexibility index (Phi) is 4.21. The van der Waals surface area contributed by atoms with Crippen LogP contribution in [-0.4, -0.2) is 25.4 Å². The van der Waals surface area contributed by atoms with Gasteiger partial charge in [0.1, 0.15) is 0 Å². The van der Waals surface area contributed by atoms with Crippen molar-refractivity contribution in [2.24, 2.45) is 5.92 Å². The number of rotatable bonds is 5. The lowest BCUT2D eigenvalue weighted by Crippen LogP contribution is -2.16. The van der Waals surface area contributed by atoms with Crippen LogP contribution in [0.5, 0.6) is 0 Å². The average molecular weight is 210 g/mol. The monoisotopic (exact) mass is 210 g/mol. The van der Waals surface area contributed by atoms with E-state index >= 15 is 0 Å². The summed E-state index contributed by atoms with van der Waals surface area (Å²) in [6.45, 7) is 5.84. The van der Waals surface area contributed by atoms with Gasteiger partial charge in [-0.15, -0.1) is 6.58 Å². The van der Waals surface area contributed by atoms with E-state index < -0.39 is 0 Å². The second kappa shape index (κ2) is 5.66. The zero-order valence-corrected chi connectivity index (χ0v) is 9.49. The van der Waals surface area contributed by atoms with Crippen LogP contribution in [0.25, 0.3) is 0 Å². The number of allylic oxidation sites excluding steroid dienone is 1. The van der Waals surface area contributed by atoms with Crippen LogP contribution in [0.15, 0.2) is 12.7 Å². The van der Waals surface area contributed by atoms with Crippen molar-refractivity contribution in [1.82, 2.24) is 0 Å². The first kappa shape index (κ1) is 11.2. The van der Waals surface area contributed by atoms with Gasteiger partial charge in [0.25, 0.3) is 0 Å². The Bertz CT molecular complexity index is 173. The maximum atomic E-state index is 5.66. The maximum Gasteiger partial charge on any atom is 0.0581 e. The molecular weight excluding hydrogens is 188 g/mol. The van der Waals surface area contributed by atoms with Crippen LogP contribution < -0.4 is 0 Å². The molecular formula is C13H22O2. The molecule has 2 nitrogen and oxygen atoms in total. The summed E-state index contributed by atoms with van der Waals surface area (Å²) < 4.78 is 11.3. The Hall–Kier alpha value is -0.340. The van der Waals surface area contributed by atoms with Crippen molar-refractivity contribution in [2.45, 2.75) is 50.7 Å². The zero-order valence-electron chi connectivity index (χ0n) is 9.49. The van der Waals surface area contributed by atoms with E-state index in [2.05, 4.69) is 12.7 Å². The summed E-state index contributed by atoms with van der Waals surface area (Å²) in [5.41, 5.74) is 0. The molecule has 0 aromatic rings. The Morgan fingerprint density at radius 1 is 1.07 bits per heavy atom. The van der Waals surface area contributed by atoms with Gasteiger partial charge in [-0.1, -0.05) is 6.08 Å². The average Bonchev–Trinajstić information content (AvgIpc) is 2.89. The topological polar surface area (TPSA) is 18.5 Å². The van der Waals surface area contributed by atoms with Crippen molar-refractivity contribution in [3.63, 3.8) is 0 Å². The van der Waals surface area contributed by atoms with Gasteiger partial charge in [0.15, 0.2) is 0 Å². The van der Waals surface area contributed by atoms with Crippen molar-refractivity contribution in [2.75, 3.05) is 13.2 Å². The highest BCUT2D eigenvalue weighted by atomic mass is 16.5. The third-order valence-corrected chi connectivity index (χ3v) is 3.51. The lowest BCUT2D eigenvalue weighted by molar-refractivity contribution is 0.0688. The molecule has 0 radical (unpaired) electrons. The molecule has 2 saturated heterocycles. The fourth-order valence-corrected chi connectivity index (χ4v) is 2.62. The van der Waals surface area contributed by atoms with Crippen molar-refractivity contribution in [3.05, 3.63) is 12.7 Å². The fraction of sp³-hybridized carbons (Fsp3) is 0.846. The smallest absolute Gasteiger partial charge is 0.0581 e. The van der Waals surface area contributed by atoms with E-state index in [-0.39, 0.29) is 0 Å². The summed E-state index contributed by atoms with van der Waals surface area (Å²) in [5, 5.41) is 0. The van der Waals surface area contributed by atoms with Crippen molar-refractivity contribution in [3.8, 4) is 0 Å². The standard InChI is InChI=1S/C13H22O2/c1-2-11(9-12-5-3-7-14-12)10-13-6-4-8-15-13/h2,11-13H,1,3-10H2. The summed E-state index contributed by atoms with van der Waals surface area (Å²) in [5.74, 6) is 0.580. The minimum atomic E-state index is 0.481. The van der Waals surface area contributed by atoms with E-state index in [1.807, 2.05) is 0 Å². The molecule has 2 heteroatoms. The number of hydrogen-bond acceptors (Lipinski definition) is 2. The highest BCUT2D eigenvalue weighted by molar-refractivity contribution is 4.85. The van der Waals surface area contributed by atoms with Gasteiger partial charge in [-0.05, 0) is 44.4 Å². The first-order valence-electron chi connectivity index (χ1n) is 6.24. The molecule has 86 valence electrons. The van der Waals surface area contributed by atoms with E-state index in [9.17, 15) is 0 Å². The van der Waals surface area contributed by atoms with Gasteiger partial charge >= 0.3 is 0 Å². The molecule has 2 rings (SSSR count). The quantitative estimate of drug-likeness (QED) is 0.650. The molecule has 2 fully saturated rings. The normalized spacial score (nSPS) is 33.1. The third-order valence-electron chi connectivity index (χ3n) is 3.51. The van der Waals surface area contributed by atoms with Crippen LogP contribution >= 0.6 is 0 Å². The molecule has 0 aromatic heterocycles. The second-order valence-electron chi connectivity index (χ2n) is 4.74. The Morgan fingerprint density at radius 2 is 1.60 bits per heavy atom. The van der Waals surface area contributed by atoms with Crippen LogP contribution in [0, 0.1) is 5.92 Å². The molecule has 2 aliphatic rings. The van der Waals surface area contributed by atoms with Gasteiger partial charge in [-0.3, -0.25) is 0 Å². The van der Waals surface area contributed by atoms with Gasteiger partial charge in [-0.2, -0.15) is 0 Å². The van der Waals surface area contributed by atoms with Gasteiger partial charge < -0.3 is 9.47 Å². The molecule has 0 N–H and O–H groups in total. The van der Waals surface area contributed by atoms with Gasteiger partial charge in [0, 0.05) is 13.2 Å². The predicted molar refractivity (Wildman–Crippen MR) is 60.9 cm³/mol. The zero-order chi connectivity index (χ0) is 10.5. The van der Waals surface area contributed by atoms with Gasteiger partial charge in [-0.25, -0.2) is 0 Å². The van der Waals surface area contributed by atoms with Gasteiger partial charge in [0.2, 0.25) is 0 Å². The largest absolute Gasteiger partial charge is 0.378 e. The Balaban J connectivity index is 1.73. The molecule has 2 unspecified atom stereocenters. The molecule has 0 spiro atoms. The predicted octanol–water partition coefficient (Wildman–Crippen LogP) is 2.93. The summed E-state index contributed by atoms with van der Waals surface area (Å²) in [6, 6.07) is 0. The molecule has 0 bridgehead atoms. The fourth-order valence-electron chi connectivity index (χ4n) is 2.62. The summed E-state index contributed by atoms with van der Waals surface area (Å²) in [6.07, 6.45) is 10.3. The molecule has 0 amide bonds. The van der Waals surface area contributed by atoms with Crippen LogP contribution in [0.4, 0.5) is 0 Å². The Morgan fingerprint density at radius 3 is 1.93 bits per heavy atom. The lowest BCUT2D eigenvalue weighted by Gasteiger charge is -2.19. The van der Waals surface area contributed by atoms with Crippen LogP contribution in [0.1, 0.15) is 38.5 Å². The van der Waals surface area contributed by atoms with Crippen LogP contribution in [0.2, 0.25) is 0 Å². The van der Waals surface area contributed by atoms with E-state index in [0.29, 0.717) is 18.1 Å². The minimum absolute atomic E-state index is 0.481. The van der Waals surface area contributed by atoms with Crippen molar-refractivity contribution < 1.29 is 9.47 Å². The van der Waals surface area contributed by atoms with Crippen molar-refractivity contribution >= 4 is 0 Å². The highest BCUT2D eigenvalue weighted by Gasteiger charge is 2.23. The molecule has 0 saturated carbocycles. The Labute approximate surface area is 92.6 Å². The molecule has 2 aliphatic heterocycles. The van der Waals surface area contributed by atoms with Crippen molar-refractivity contribution in [1.29, 1.82) is 0 Å². The van der Waals surface area contributed by atoms with Crippen LogP contribution in [0.3, 0.4) is 0 Å². The summed E-state index contributed by atoms with van der Waals surface area (Å²) in [7, 11) is 0. The molecule has 0 aromatic carbocycles. The van der Waals surface area contributed by atoms with E-state index in [1.165, 1.54) is 25.7 Å². The molecule has 2 heterocycles. The number of ether oxygens (including phenoxy) is 2. The molecule has 15 heavy (non-hydrogen) atoms. The SMILES string of the molecule is C=CC(CC1CCCO1)CC1CCCO1. The summed E-state index contributed by atoms with van der Waals surface area (Å²) in [4.78, 5) is 0. The van der Waals surface area contributed by atoms with E-state index in [4.69, 9.17) is 9.47 Å². The minimum Gasteiger partial charge on any atom is -0.378 e. The highest BCUT2D eigenvalue weighted by Crippen LogP contribution is 2.27. The molecule has 2 atom stereocenters. The first-order valence-corrected chi connectivity index (χ1v) is 6.24. The van der Waals surface area contributed by atoms with Gasteiger partial charge in [0.05, 0.1) is 12.2 Å². The lowest BCUT2D eigenvalue weighted by atomic mass is 9.93. The number of hydrogen-bond donors (Lipinski definition) is 0. The maximum absolute atomic E-state index is 5.66. The summed E-state index contributed by atoms with van der Waals surface area (Å²) >= 11 is 0. The second-order valence-corrected chi connectivity index (χ2v) is 4.74. The van der Waals surface area contributed by atoms with Crippen LogP contribution in [-0.2, 0) is 9.47 Å². The van der Waals surface area contributed by atoms with E-state index in [0.717, 1.165) is 26.1 Å². The first-order chi connectivity index (χ1) is 7.38. The van der Waals surface area contributed by atoms with E-state index in [1.54, 1.807) is 0 Å². The third kappa shape index (κ3) is 3.32. The molecule has 0 aliphatic carbocycles.